The summed E-state index contributed by atoms with van der Waals surface area (Å²) in [5.41, 5.74) is 2.59. The lowest BCUT2D eigenvalue weighted by Gasteiger charge is -2.19. The van der Waals surface area contributed by atoms with Gasteiger partial charge in [0.2, 0.25) is 5.91 Å². The molecule has 1 heterocycles. The smallest absolute Gasteiger partial charge is 0.232 e. The van der Waals surface area contributed by atoms with Crippen LogP contribution < -0.4 is 5.32 Å². The first kappa shape index (κ1) is 14.4. The third-order valence-corrected chi connectivity index (χ3v) is 4.51. The van der Waals surface area contributed by atoms with Crippen LogP contribution in [0.1, 0.15) is 17.5 Å². The molecule has 19 heavy (non-hydrogen) atoms. The van der Waals surface area contributed by atoms with Crippen molar-refractivity contribution in [3.63, 3.8) is 0 Å². The van der Waals surface area contributed by atoms with Crippen LogP contribution in [0.3, 0.4) is 0 Å². The molecule has 104 valence electrons. The first-order chi connectivity index (χ1) is 9.16. The van der Waals surface area contributed by atoms with Crippen LogP contribution in [0.5, 0.6) is 0 Å². The Bertz CT molecular complexity index is 440. The van der Waals surface area contributed by atoms with Gasteiger partial charge in [-0.1, -0.05) is 6.07 Å². The Kier molecular flexibility index (Phi) is 5.28. The van der Waals surface area contributed by atoms with E-state index in [1.54, 1.807) is 11.8 Å². The van der Waals surface area contributed by atoms with E-state index in [2.05, 4.69) is 37.4 Å². The lowest BCUT2D eigenvalue weighted by molar-refractivity contribution is -0.128. The zero-order valence-corrected chi connectivity index (χ0v) is 12.6. The molecule has 1 amide bonds. The van der Waals surface area contributed by atoms with Gasteiger partial charge in [0.05, 0.1) is 5.75 Å². The van der Waals surface area contributed by atoms with Gasteiger partial charge in [-0.15, -0.1) is 11.8 Å². The highest BCUT2D eigenvalue weighted by Gasteiger charge is 2.15. The van der Waals surface area contributed by atoms with Crippen molar-refractivity contribution in [2.45, 2.75) is 25.2 Å². The van der Waals surface area contributed by atoms with E-state index in [1.165, 1.54) is 16.0 Å². The van der Waals surface area contributed by atoms with Gasteiger partial charge >= 0.3 is 0 Å². The number of amides is 1. The van der Waals surface area contributed by atoms with Crippen molar-refractivity contribution >= 4 is 17.7 Å². The maximum absolute atomic E-state index is 12.2. The van der Waals surface area contributed by atoms with Gasteiger partial charge in [-0.25, -0.2) is 0 Å². The summed E-state index contributed by atoms with van der Waals surface area (Å²) in [4.78, 5) is 15.3. The average Bonchev–Trinajstić information content (AvgIpc) is 2.69. The number of aryl methyl sites for hydroxylation is 2. The Hall–Kier alpha value is -1.00. The molecule has 0 radical (unpaired) electrons. The van der Waals surface area contributed by atoms with E-state index in [4.69, 9.17) is 0 Å². The van der Waals surface area contributed by atoms with E-state index in [1.807, 2.05) is 4.90 Å². The second kappa shape index (κ2) is 6.96. The van der Waals surface area contributed by atoms with Crippen molar-refractivity contribution in [2.75, 3.05) is 31.9 Å². The number of carbonyl (C=O) groups excluding carboxylic acids is 1. The van der Waals surface area contributed by atoms with Crippen molar-refractivity contribution in [1.29, 1.82) is 0 Å². The van der Waals surface area contributed by atoms with Crippen LogP contribution in [-0.4, -0.2) is 42.7 Å². The van der Waals surface area contributed by atoms with E-state index in [-0.39, 0.29) is 5.91 Å². The standard InChI is InChI=1S/C15H22N2OS/c1-12-4-5-14(10-13(12)2)19-11-15(18)17-8-3-6-16-7-9-17/h4-5,10,16H,3,6-9,11H2,1-2H3. The summed E-state index contributed by atoms with van der Waals surface area (Å²) in [6.07, 6.45) is 1.06. The molecule has 1 fully saturated rings. The molecule has 0 aromatic heterocycles. The third-order valence-electron chi connectivity index (χ3n) is 3.53. The van der Waals surface area contributed by atoms with Crippen LogP contribution in [0.15, 0.2) is 23.1 Å². The molecule has 0 bridgehead atoms. The fourth-order valence-electron chi connectivity index (χ4n) is 2.14. The SMILES string of the molecule is Cc1ccc(SCC(=O)N2CCCNCC2)cc1C. The summed E-state index contributed by atoms with van der Waals surface area (Å²) in [5, 5.41) is 3.32. The van der Waals surface area contributed by atoms with Crippen molar-refractivity contribution in [3.05, 3.63) is 29.3 Å². The number of hydrogen-bond acceptors (Lipinski definition) is 3. The fourth-order valence-corrected chi connectivity index (χ4v) is 3.03. The van der Waals surface area contributed by atoms with E-state index < -0.39 is 0 Å². The van der Waals surface area contributed by atoms with Gasteiger partial charge in [0.25, 0.3) is 0 Å². The summed E-state index contributed by atoms with van der Waals surface area (Å²) in [6.45, 7) is 7.89. The predicted octanol–water partition coefficient (Wildman–Crippen LogP) is 2.22. The van der Waals surface area contributed by atoms with Crippen molar-refractivity contribution < 1.29 is 4.79 Å². The zero-order valence-electron chi connectivity index (χ0n) is 11.7. The number of hydrogen-bond donors (Lipinski definition) is 1. The van der Waals surface area contributed by atoms with Gasteiger partial charge < -0.3 is 10.2 Å². The Morgan fingerprint density at radius 3 is 2.89 bits per heavy atom. The highest BCUT2D eigenvalue weighted by atomic mass is 32.2. The Morgan fingerprint density at radius 1 is 1.26 bits per heavy atom. The molecule has 0 aliphatic carbocycles. The summed E-state index contributed by atoms with van der Waals surface area (Å²) in [6, 6.07) is 6.39. The lowest BCUT2D eigenvalue weighted by atomic mass is 10.1. The van der Waals surface area contributed by atoms with Gasteiger partial charge in [0.15, 0.2) is 0 Å². The minimum Gasteiger partial charge on any atom is -0.341 e. The van der Waals surface area contributed by atoms with Crippen LogP contribution in [-0.2, 0) is 4.79 Å². The van der Waals surface area contributed by atoms with Crippen molar-refractivity contribution in [2.24, 2.45) is 0 Å². The highest BCUT2D eigenvalue weighted by Crippen LogP contribution is 2.21. The monoisotopic (exact) mass is 278 g/mol. The summed E-state index contributed by atoms with van der Waals surface area (Å²) in [7, 11) is 0. The fraction of sp³-hybridized carbons (Fsp3) is 0.533. The summed E-state index contributed by atoms with van der Waals surface area (Å²) >= 11 is 1.64. The molecule has 0 atom stereocenters. The molecule has 1 aliphatic rings. The molecule has 0 spiro atoms. The van der Waals surface area contributed by atoms with Crippen LogP contribution in [0.2, 0.25) is 0 Å². The second-order valence-electron chi connectivity index (χ2n) is 5.02. The first-order valence-electron chi connectivity index (χ1n) is 6.85. The highest BCUT2D eigenvalue weighted by molar-refractivity contribution is 8.00. The van der Waals surface area contributed by atoms with Gasteiger partial charge in [0.1, 0.15) is 0 Å². The molecule has 1 saturated heterocycles. The Balaban J connectivity index is 1.86. The number of rotatable bonds is 3. The minimum absolute atomic E-state index is 0.256. The van der Waals surface area contributed by atoms with Crippen LogP contribution in [0, 0.1) is 13.8 Å². The van der Waals surface area contributed by atoms with E-state index in [0.29, 0.717) is 5.75 Å². The van der Waals surface area contributed by atoms with Gasteiger partial charge in [0, 0.05) is 24.5 Å². The number of carbonyl (C=O) groups is 1. The first-order valence-corrected chi connectivity index (χ1v) is 7.84. The maximum atomic E-state index is 12.2. The summed E-state index contributed by atoms with van der Waals surface area (Å²) in [5.74, 6) is 0.801. The molecule has 1 aromatic rings. The van der Waals surface area contributed by atoms with Gasteiger partial charge in [-0.05, 0) is 50.1 Å². The number of nitrogens with zero attached hydrogens (tertiary/aromatic N) is 1. The largest absolute Gasteiger partial charge is 0.341 e. The second-order valence-corrected chi connectivity index (χ2v) is 6.07. The maximum Gasteiger partial charge on any atom is 0.232 e. The van der Waals surface area contributed by atoms with Crippen LogP contribution in [0.4, 0.5) is 0 Å². The van der Waals surface area contributed by atoms with Crippen molar-refractivity contribution in [3.8, 4) is 0 Å². The molecule has 2 rings (SSSR count). The normalized spacial score (nSPS) is 16.2. The Labute approximate surface area is 119 Å². The topological polar surface area (TPSA) is 32.3 Å². The van der Waals surface area contributed by atoms with E-state index in [9.17, 15) is 4.79 Å². The van der Waals surface area contributed by atoms with Gasteiger partial charge in [-0.2, -0.15) is 0 Å². The average molecular weight is 278 g/mol. The predicted molar refractivity (Wildman–Crippen MR) is 80.7 cm³/mol. The lowest BCUT2D eigenvalue weighted by Crippen LogP contribution is -2.35. The number of benzene rings is 1. The molecular weight excluding hydrogens is 256 g/mol. The molecule has 1 N–H and O–H groups in total. The van der Waals surface area contributed by atoms with Gasteiger partial charge in [-0.3, -0.25) is 4.79 Å². The van der Waals surface area contributed by atoms with E-state index in [0.717, 1.165) is 32.6 Å². The molecular formula is C15H22N2OS. The summed E-state index contributed by atoms with van der Waals surface area (Å²) < 4.78 is 0. The molecule has 0 saturated carbocycles. The minimum atomic E-state index is 0.256. The molecule has 4 heteroatoms. The molecule has 0 unspecified atom stereocenters. The van der Waals surface area contributed by atoms with Crippen LogP contribution >= 0.6 is 11.8 Å². The molecule has 1 aliphatic heterocycles. The van der Waals surface area contributed by atoms with E-state index >= 15 is 0 Å². The number of nitrogens with one attached hydrogen (secondary N) is 1. The third kappa shape index (κ3) is 4.25. The quantitative estimate of drug-likeness (QED) is 0.861. The van der Waals surface area contributed by atoms with Crippen molar-refractivity contribution in [1.82, 2.24) is 10.2 Å². The zero-order chi connectivity index (χ0) is 13.7. The molecule has 3 nitrogen and oxygen atoms in total. The molecule has 1 aromatic carbocycles. The Morgan fingerprint density at radius 2 is 2.11 bits per heavy atom. The number of thioether (sulfide) groups is 1. The van der Waals surface area contributed by atoms with Crippen LogP contribution in [0.25, 0.3) is 0 Å².